The Balaban J connectivity index is 2.38. The topological polar surface area (TPSA) is 21.3 Å². The van der Waals surface area contributed by atoms with Crippen LogP contribution in [0.15, 0.2) is 42.5 Å². The molecule has 0 aromatic heterocycles. The summed E-state index contributed by atoms with van der Waals surface area (Å²) in [6.45, 7) is 3.49. The van der Waals surface area contributed by atoms with Gasteiger partial charge in [-0.1, -0.05) is 42.5 Å². The number of ether oxygens (including phenoxy) is 1. The second-order valence-electron chi connectivity index (χ2n) is 4.07. The fraction of sp³-hybridized carbons (Fsp3) is 0.333. The minimum Gasteiger partial charge on any atom is -0.380 e. The lowest BCUT2D eigenvalue weighted by atomic mass is 9.99. The maximum atomic E-state index is 5.53. The minimum absolute atomic E-state index is 0.251. The van der Waals surface area contributed by atoms with Crippen molar-refractivity contribution in [2.45, 2.75) is 13.0 Å². The standard InChI is InChI=1S/C15H19NO/c1-3-17-11-15(16-2)14-10-6-8-12-7-4-5-9-13(12)14/h4-10,15-16H,3,11H2,1-2H3. The molecule has 1 unspecified atom stereocenters. The van der Waals surface area contributed by atoms with Gasteiger partial charge in [-0.2, -0.15) is 0 Å². The van der Waals surface area contributed by atoms with Crippen molar-refractivity contribution >= 4 is 10.8 Å². The van der Waals surface area contributed by atoms with Crippen LogP contribution in [0.3, 0.4) is 0 Å². The lowest BCUT2D eigenvalue weighted by Crippen LogP contribution is -2.22. The normalized spacial score (nSPS) is 12.8. The summed E-state index contributed by atoms with van der Waals surface area (Å²) in [6.07, 6.45) is 0. The Morgan fingerprint density at radius 1 is 1.12 bits per heavy atom. The summed E-state index contributed by atoms with van der Waals surface area (Å²) in [5, 5.41) is 5.90. The van der Waals surface area contributed by atoms with E-state index in [0.29, 0.717) is 6.61 Å². The number of rotatable bonds is 5. The quantitative estimate of drug-likeness (QED) is 0.850. The van der Waals surface area contributed by atoms with E-state index in [9.17, 15) is 0 Å². The molecule has 0 aliphatic heterocycles. The number of benzene rings is 2. The van der Waals surface area contributed by atoms with Crippen LogP contribution < -0.4 is 5.32 Å². The molecule has 2 rings (SSSR count). The maximum absolute atomic E-state index is 5.53. The summed E-state index contributed by atoms with van der Waals surface area (Å²) in [5.74, 6) is 0. The molecule has 0 radical (unpaired) electrons. The van der Waals surface area contributed by atoms with E-state index in [-0.39, 0.29) is 6.04 Å². The van der Waals surface area contributed by atoms with Crippen LogP contribution in [0.5, 0.6) is 0 Å². The molecular formula is C15H19NO. The molecule has 90 valence electrons. The smallest absolute Gasteiger partial charge is 0.0661 e. The van der Waals surface area contributed by atoms with Crippen LogP contribution in [0.2, 0.25) is 0 Å². The van der Waals surface area contributed by atoms with E-state index in [0.717, 1.165) is 6.61 Å². The number of hydrogen-bond donors (Lipinski definition) is 1. The van der Waals surface area contributed by atoms with Gasteiger partial charge in [0.05, 0.1) is 12.6 Å². The molecule has 2 nitrogen and oxygen atoms in total. The van der Waals surface area contributed by atoms with E-state index < -0.39 is 0 Å². The number of nitrogens with one attached hydrogen (secondary N) is 1. The largest absolute Gasteiger partial charge is 0.380 e. The van der Waals surface area contributed by atoms with Gasteiger partial charge in [0.2, 0.25) is 0 Å². The summed E-state index contributed by atoms with van der Waals surface area (Å²) in [7, 11) is 1.98. The number of likely N-dealkylation sites (N-methyl/N-ethyl adjacent to an activating group) is 1. The summed E-state index contributed by atoms with van der Waals surface area (Å²) in [6, 6.07) is 15.1. The molecule has 0 fully saturated rings. The van der Waals surface area contributed by atoms with Gasteiger partial charge < -0.3 is 10.1 Å². The lowest BCUT2D eigenvalue weighted by Gasteiger charge is -2.18. The predicted molar refractivity (Wildman–Crippen MR) is 72.2 cm³/mol. The molecule has 0 saturated carbocycles. The second kappa shape index (κ2) is 5.80. The Hall–Kier alpha value is -1.38. The van der Waals surface area contributed by atoms with E-state index in [1.165, 1.54) is 16.3 Å². The first-order chi connectivity index (χ1) is 8.36. The molecular weight excluding hydrogens is 210 g/mol. The first-order valence-corrected chi connectivity index (χ1v) is 6.09. The Morgan fingerprint density at radius 2 is 1.88 bits per heavy atom. The third-order valence-electron chi connectivity index (χ3n) is 3.04. The molecule has 2 aromatic carbocycles. The highest BCUT2D eigenvalue weighted by molar-refractivity contribution is 5.86. The third-order valence-corrected chi connectivity index (χ3v) is 3.04. The van der Waals surface area contributed by atoms with Crippen molar-refractivity contribution in [3.8, 4) is 0 Å². The van der Waals surface area contributed by atoms with E-state index >= 15 is 0 Å². The summed E-state index contributed by atoms with van der Waals surface area (Å²) in [5.41, 5.74) is 1.30. The molecule has 0 saturated heterocycles. The Morgan fingerprint density at radius 3 is 2.65 bits per heavy atom. The van der Waals surface area contributed by atoms with Gasteiger partial charge in [0.25, 0.3) is 0 Å². The number of hydrogen-bond acceptors (Lipinski definition) is 2. The minimum atomic E-state index is 0.251. The highest BCUT2D eigenvalue weighted by Crippen LogP contribution is 2.24. The molecule has 1 atom stereocenters. The third kappa shape index (κ3) is 2.65. The van der Waals surface area contributed by atoms with Gasteiger partial charge in [-0.3, -0.25) is 0 Å². The molecule has 2 aromatic rings. The van der Waals surface area contributed by atoms with E-state index in [4.69, 9.17) is 4.74 Å². The summed E-state index contributed by atoms with van der Waals surface area (Å²) in [4.78, 5) is 0. The fourth-order valence-electron chi connectivity index (χ4n) is 2.12. The monoisotopic (exact) mass is 229 g/mol. The fourth-order valence-corrected chi connectivity index (χ4v) is 2.12. The van der Waals surface area contributed by atoms with Gasteiger partial charge in [0.15, 0.2) is 0 Å². The Labute approximate surface area is 103 Å². The molecule has 0 spiro atoms. The van der Waals surface area contributed by atoms with E-state index in [2.05, 4.69) is 47.8 Å². The molecule has 0 aliphatic carbocycles. The lowest BCUT2D eigenvalue weighted by molar-refractivity contribution is 0.125. The van der Waals surface area contributed by atoms with Gasteiger partial charge in [0.1, 0.15) is 0 Å². The first-order valence-electron chi connectivity index (χ1n) is 6.09. The molecule has 0 heterocycles. The van der Waals surface area contributed by atoms with Gasteiger partial charge in [-0.15, -0.1) is 0 Å². The van der Waals surface area contributed by atoms with Crippen molar-refractivity contribution in [2.75, 3.05) is 20.3 Å². The molecule has 17 heavy (non-hydrogen) atoms. The second-order valence-corrected chi connectivity index (χ2v) is 4.07. The zero-order chi connectivity index (χ0) is 12.1. The summed E-state index contributed by atoms with van der Waals surface area (Å²) >= 11 is 0. The molecule has 1 N–H and O–H groups in total. The van der Waals surface area contributed by atoms with Crippen LogP contribution in [-0.2, 0) is 4.74 Å². The van der Waals surface area contributed by atoms with Crippen LogP contribution in [-0.4, -0.2) is 20.3 Å². The van der Waals surface area contributed by atoms with Gasteiger partial charge in [0, 0.05) is 6.61 Å². The van der Waals surface area contributed by atoms with Crippen molar-refractivity contribution in [2.24, 2.45) is 0 Å². The highest BCUT2D eigenvalue weighted by Gasteiger charge is 2.11. The molecule has 2 heteroatoms. The van der Waals surface area contributed by atoms with Crippen molar-refractivity contribution in [3.63, 3.8) is 0 Å². The molecule has 0 amide bonds. The van der Waals surface area contributed by atoms with Crippen LogP contribution in [0.4, 0.5) is 0 Å². The average Bonchev–Trinajstić information content (AvgIpc) is 2.40. The highest BCUT2D eigenvalue weighted by atomic mass is 16.5. The summed E-state index contributed by atoms with van der Waals surface area (Å²) < 4.78 is 5.53. The number of fused-ring (bicyclic) bond motifs is 1. The van der Waals surface area contributed by atoms with E-state index in [1.807, 2.05) is 14.0 Å². The van der Waals surface area contributed by atoms with Gasteiger partial charge in [-0.25, -0.2) is 0 Å². The molecule has 0 aliphatic rings. The van der Waals surface area contributed by atoms with Crippen LogP contribution >= 0.6 is 0 Å². The van der Waals surface area contributed by atoms with E-state index in [1.54, 1.807) is 0 Å². The van der Waals surface area contributed by atoms with Crippen LogP contribution in [0.25, 0.3) is 10.8 Å². The predicted octanol–water partition coefficient (Wildman–Crippen LogP) is 3.14. The Bertz CT molecular complexity index is 476. The zero-order valence-electron chi connectivity index (χ0n) is 10.4. The zero-order valence-corrected chi connectivity index (χ0v) is 10.4. The van der Waals surface area contributed by atoms with Crippen molar-refractivity contribution in [3.05, 3.63) is 48.0 Å². The van der Waals surface area contributed by atoms with Crippen LogP contribution in [0, 0.1) is 0 Å². The first kappa shape index (κ1) is 12.1. The molecule has 0 bridgehead atoms. The van der Waals surface area contributed by atoms with Crippen LogP contribution in [0.1, 0.15) is 18.5 Å². The van der Waals surface area contributed by atoms with Gasteiger partial charge in [-0.05, 0) is 30.3 Å². The SMILES string of the molecule is CCOCC(NC)c1cccc2ccccc12. The van der Waals surface area contributed by atoms with Gasteiger partial charge >= 0.3 is 0 Å². The van der Waals surface area contributed by atoms with Crippen molar-refractivity contribution in [1.82, 2.24) is 5.32 Å². The van der Waals surface area contributed by atoms with Crippen molar-refractivity contribution < 1.29 is 4.74 Å². The maximum Gasteiger partial charge on any atom is 0.0661 e. The average molecular weight is 229 g/mol. The van der Waals surface area contributed by atoms with Crippen molar-refractivity contribution in [1.29, 1.82) is 0 Å². The Kier molecular flexibility index (Phi) is 4.13.